The third-order valence-electron chi connectivity index (χ3n) is 5.60. The van der Waals surface area contributed by atoms with Crippen LogP contribution in [0.15, 0.2) is 75.6 Å². The highest BCUT2D eigenvalue weighted by Crippen LogP contribution is 2.51. The Balaban J connectivity index is 1.77. The van der Waals surface area contributed by atoms with E-state index in [2.05, 4.69) is 31.0 Å². The number of pyridine rings is 1. The van der Waals surface area contributed by atoms with Crippen molar-refractivity contribution in [2.45, 2.75) is 32.2 Å². The predicted octanol–water partition coefficient (Wildman–Crippen LogP) is 5.48. The highest BCUT2D eigenvalue weighted by molar-refractivity contribution is 6.30. The maximum absolute atomic E-state index is 11.9. The van der Waals surface area contributed by atoms with Crippen molar-refractivity contribution < 1.29 is 0 Å². The Morgan fingerprint density at radius 3 is 2.93 bits per heavy atom. The lowest BCUT2D eigenvalue weighted by Crippen LogP contribution is -2.40. The fourth-order valence-electron chi connectivity index (χ4n) is 4.59. The van der Waals surface area contributed by atoms with Gasteiger partial charge in [0.2, 0.25) is 5.56 Å². The van der Waals surface area contributed by atoms with Crippen LogP contribution in [0.4, 0.5) is 0 Å². The van der Waals surface area contributed by atoms with Crippen molar-refractivity contribution in [1.82, 2.24) is 4.98 Å². The molecule has 1 aromatic heterocycles. The van der Waals surface area contributed by atoms with Crippen molar-refractivity contribution in [2.75, 3.05) is 0 Å². The Bertz CT molecular complexity index is 1090. The quantitative estimate of drug-likeness (QED) is 0.547. The number of hydrogen-bond donors (Lipinski definition) is 1. The van der Waals surface area contributed by atoms with Crippen molar-refractivity contribution in [1.29, 1.82) is 0 Å². The van der Waals surface area contributed by atoms with E-state index in [-0.39, 0.29) is 11.5 Å². The summed E-state index contributed by atoms with van der Waals surface area (Å²) < 4.78 is 0. The number of rotatable bonds is 3. The number of benzene rings is 1. The van der Waals surface area contributed by atoms with Gasteiger partial charge in [-0.1, -0.05) is 47.5 Å². The molecule has 1 aromatic carbocycles. The summed E-state index contributed by atoms with van der Waals surface area (Å²) in [5, 5.41) is 0.718. The third-order valence-corrected chi connectivity index (χ3v) is 5.83. The maximum atomic E-state index is 11.9. The normalized spacial score (nSPS) is 25.3. The monoisotopic (exact) mass is 390 g/mol. The molecular weight excluding hydrogens is 368 g/mol. The second kappa shape index (κ2) is 7.40. The minimum absolute atomic E-state index is 0.0542. The lowest BCUT2D eigenvalue weighted by atomic mass is 9.63. The van der Waals surface area contributed by atoms with Gasteiger partial charge in [-0.25, -0.2) is 0 Å². The van der Waals surface area contributed by atoms with E-state index in [0.29, 0.717) is 0 Å². The topological polar surface area (TPSA) is 45.2 Å². The van der Waals surface area contributed by atoms with Crippen LogP contribution in [-0.2, 0) is 12.0 Å². The van der Waals surface area contributed by atoms with Crippen molar-refractivity contribution in [2.24, 2.45) is 10.9 Å². The summed E-state index contributed by atoms with van der Waals surface area (Å²) in [6.45, 7) is 4.25. The molecule has 4 rings (SSSR count). The third kappa shape index (κ3) is 3.31. The summed E-state index contributed by atoms with van der Waals surface area (Å²) in [5.41, 5.74) is 5.29. The highest BCUT2D eigenvalue weighted by atomic mass is 35.5. The molecule has 2 atom stereocenters. The molecule has 0 spiro atoms. The van der Waals surface area contributed by atoms with Crippen LogP contribution in [-0.4, -0.2) is 11.2 Å². The van der Waals surface area contributed by atoms with Crippen LogP contribution in [0.3, 0.4) is 0 Å². The molecule has 0 aliphatic heterocycles. The average molecular weight is 391 g/mol. The summed E-state index contributed by atoms with van der Waals surface area (Å²) >= 11 is 6.06. The van der Waals surface area contributed by atoms with Gasteiger partial charge in [-0.2, -0.15) is 0 Å². The van der Waals surface area contributed by atoms with Crippen LogP contribution in [0.2, 0.25) is 5.02 Å². The molecule has 0 fully saturated rings. The molecule has 4 heteroatoms. The predicted molar refractivity (Wildman–Crippen MR) is 117 cm³/mol. The van der Waals surface area contributed by atoms with E-state index in [1.54, 1.807) is 6.07 Å². The van der Waals surface area contributed by atoms with Gasteiger partial charge in [-0.15, -0.1) is 0 Å². The van der Waals surface area contributed by atoms with Crippen LogP contribution < -0.4 is 5.56 Å². The Hall–Kier alpha value is -2.65. The SMILES string of the molecule is C/C=C1\[C@H]2C=C(C)C[C@]1(/N=C/C=C/c1cccc(Cl)c1)c1ccc(=O)[nH]c1C2. The molecule has 2 aliphatic rings. The zero-order valence-electron chi connectivity index (χ0n) is 16.1. The number of aliphatic imine (C=N–C) groups is 1. The Labute approximate surface area is 170 Å². The number of H-pyrrole nitrogens is 1. The van der Waals surface area contributed by atoms with E-state index in [9.17, 15) is 4.79 Å². The molecule has 142 valence electrons. The number of nitrogens with zero attached hydrogens (tertiary/aromatic N) is 1. The molecule has 3 nitrogen and oxygen atoms in total. The molecular formula is C24H23ClN2O. The number of allylic oxidation sites excluding steroid dienone is 3. The van der Waals surface area contributed by atoms with Gasteiger partial charge in [-0.3, -0.25) is 9.79 Å². The number of nitrogens with one attached hydrogen (secondary N) is 1. The molecule has 2 aliphatic carbocycles. The Morgan fingerprint density at radius 2 is 2.14 bits per heavy atom. The van der Waals surface area contributed by atoms with E-state index in [1.807, 2.05) is 48.7 Å². The van der Waals surface area contributed by atoms with Crippen LogP contribution in [0, 0.1) is 5.92 Å². The molecule has 0 saturated carbocycles. The van der Waals surface area contributed by atoms with Crippen molar-refractivity contribution in [3.8, 4) is 0 Å². The minimum Gasteiger partial charge on any atom is -0.326 e. The van der Waals surface area contributed by atoms with Gasteiger partial charge in [0.25, 0.3) is 0 Å². The fraction of sp³-hybridized carbons (Fsp3) is 0.250. The molecule has 0 unspecified atom stereocenters. The van der Waals surface area contributed by atoms with Gasteiger partial charge in [0.15, 0.2) is 0 Å². The minimum atomic E-state index is -0.450. The van der Waals surface area contributed by atoms with Gasteiger partial charge in [0, 0.05) is 40.9 Å². The standard InChI is InChI=1S/C24H23ClN2O/c1-3-20-18-12-16(2)15-24(20,21-9-10-23(28)27-22(21)14-18)26-11-5-7-17-6-4-8-19(25)13-17/h3-13,18H,14-15H2,1-2H3,(H,27,28)/b7-5+,20-3+,26-11+/t18-,24+/m0/s1. The van der Waals surface area contributed by atoms with Crippen molar-refractivity contribution >= 4 is 23.9 Å². The molecule has 1 N–H and O–H groups in total. The lowest BCUT2D eigenvalue weighted by Gasteiger charge is -2.45. The first-order valence-corrected chi connectivity index (χ1v) is 9.94. The molecule has 2 aromatic rings. The average Bonchev–Trinajstić information content (AvgIpc) is 2.64. The van der Waals surface area contributed by atoms with Crippen LogP contribution in [0.5, 0.6) is 0 Å². The molecule has 2 bridgehead atoms. The number of aromatic amines is 1. The molecule has 28 heavy (non-hydrogen) atoms. The van der Waals surface area contributed by atoms with Crippen LogP contribution >= 0.6 is 11.6 Å². The van der Waals surface area contributed by atoms with Gasteiger partial charge < -0.3 is 4.98 Å². The Morgan fingerprint density at radius 1 is 1.29 bits per heavy atom. The lowest BCUT2D eigenvalue weighted by molar-refractivity contribution is 0.413. The van der Waals surface area contributed by atoms with Crippen LogP contribution in [0.25, 0.3) is 6.08 Å². The molecule has 1 heterocycles. The highest BCUT2D eigenvalue weighted by Gasteiger charge is 2.46. The van der Waals surface area contributed by atoms with Crippen molar-refractivity contribution in [3.63, 3.8) is 0 Å². The van der Waals surface area contributed by atoms with E-state index in [0.717, 1.165) is 34.7 Å². The maximum Gasteiger partial charge on any atom is 0.248 e. The molecule has 0 amide bonds. The molecule has 0 saturated heterocycles. The van der Waals surface area contributed by atoms with Gasteiger partial charge in [0.05, 0.1) is 0 Å². The van der Waals surface area contributed by atoms with E-state index in [4.69, 9.17) is 16.6 Å². The summed E-state index contributed by atoms with van der Waals surface area (Å²) in [6, 6.07) is 11.3. The fourth-order valence-corrected chi connectivity index (χ4v) is 4.79. The number of hydrogen-bond acceptors (Lipinski definition) is 2. The van der Waals surface area contributed by atoms with Crippen LogP contribution in [0.1, 0.15) is 37.1 Å². The summed E-state index contributed by atoms with van der Waals surface area (Å²) in [6.07, 6.45) is 12.0. The van der Waals surface area contributed by atoms with E-state index in [1.165, 1.54) is 11.1 Å². The zero-order valence-corrected chi connectivity index (χ0v) is 16.8. The number of fused-ring (bicyclic) bond motifs is 4. The first-order chi connectivity index (χ1) is 13.5. The zero-order chi connectivity index (χ0) is 19.7. The summed E-state index contributed by atoms with van der Waals surface area (Å²) in [5.74, 6) is 0.276. The summed E-state index contributed by atoms with van der Waals surface area (Å²) in [7, 11) is 0. The number of halogens is 1. The van der Waals surface area contributed by atoms with Crippen molar-refractivity contribution in [3.05, 3.63) is 98.0 Å². The van der Waals surface area contributed by atoms with Gasteiger partial charge >= 0.3 is 0 Å². The smallest absolute Gasteiger partial charge is 0.248 e. The van der Waals surface area contributed by atoms with Gasteiger partial charge in [0.1, 0.15) is 5.54 Å². The van der Waals surface area contributed by atoms with E-state index >= 15 is 0 Å². The van der Waals surface area contributed by atoms with Gasteiger partial charge in [-0.05, 0) is 55.7 Å². The number of aromatic nitrogens is 1. The van der Waals surface area contributed by atoms with E-state index < -0.39 is 5.54 Å². The second-order valence-electron chi connectivity index (χ2n) is 7.51. The summed E-state index contributed by atoms with van der Waals surface area (Å²) in [4.78, 5) is 20.0. The largest absolute Gasteiger partial charge is 0.326 e. The Kier molecular flexibility index (Phi) is 4.94. The first-order valence-electron chi connectivity index (χ1n) is 9.56. The second-order valence-corrected chi connectivity index (χ2v) is 7.95. The molecule has 0 radical (unpaired) electrons. The first kappa shape index (κ1) is 18.7.